The highest BCUT2D eigenvalue weighted by Gasteiger charge is 2.18. The molecule has 1 atom stereocenters. The van der Waals surface area contributed by atoms with Gasteiger partial charge in [-0.15, -0.1) is 0 Å². The average Bonchev–Trinajstić information content (AvgIpc) is 2.22. The molecule has 1 unspecified atom stereocenters. The lowest BCUT2D eigenvalue weighted by Gasteiger charge is -2.24. The molecule has 0 radical (unpaired) electrons. The molecule has 3 nitrogen and oxygen atoms in total. The molecule has 0 aliphatic rings. The largest absolute Gasteiger partial charge is 0.368 e. The zero-order chi connectivity index (χ0) is 12.1. The Bertz CT molecular complexity index is 351. The molecule has 88 valence electrons. The predicted molar refractivity (Wildman–Crippen MR) is 61.1 cm³/mol. The van der Waals surface area contributed by atoms with E-state index in [0.29, 0.717) is 13.0 Å². The molecular formula is C12H17FN2O. The number of benzene rings is 1. The third kappa shape index (κ3) is 3.31. The number of likely N-dealkylation sites (N-methyl/N-ethyl adjacent to an activating group) is 1. The van der Waals surface area contributed by atoms with Crippen molar-refractivity contribution >= 4 is 5.91 Å². The van der Waals surface area contributed by atoms with Crippen LogP contribution >= 0.6 is 0 Å². The molecule has 0 saturated carbocycles. The molecule has 0 fully saturated rings. The fraction of sp³-hybridized carbons (Fsp3) is 0.417. The van der Waals surface area contributed by atoms with Crippen LogP contribution in [0.1, 0.15) is 18.9 Å². The van der Waals surface area contributed by atoms with Crippen LogP contribution in [0.3, 0.4) is 0 Å². The third-order valence-corrected chi connectivity index (χ3v) is 2.59. The molecule has 0 bridgehead atoms. The van der Waals surface area contributed by atoms with E-state index in [-0.39, 0.29) is 17.8 Å². The summed E-state index contributed by atoms with van der Waals surface area (Å²) in [5, 5.41) is 0. The first kappa shape index (κ1) is 12.6. The summed E-state index contributed by atoms with van der Waals surface area (Å²) in [4.78, 5) is 13.0. The van der Waals surface area contributed by atoms with Crippen LogP contribution in [0.5, 0.6) is 0 Å². The molecule has 0 aliphatic heterocycles. The van der Waals surface area contributed by atoms with Gasteiger partial charge >= 0.3 is 0 Å². The number of nitrogens with zero attached hydrogens (tertiary/aromatic N) is 1. The summed E-state index contributed by atoms with van der Waals surface area (Å²) < 4.78 is 12.7. The molecule has 1 aromatic carbocycles. The Labute approximate surface area is 95.0 Å². The van der Waals surface area contributed by atoms with Crippen molar-refractivity contribution in [3.8, 4) is 0 Å². The Morgan fingerprint density at radius 2 is 2.00 bits per heavy atom. The van der Waals surface area contributed by atoms with E-state index < -0.39 is 0 Å². The molecule has 16 heavy (non-hydrogen) atoms. The smallest absolute Gasteiger partial charge is 0.234 e. The topological polar surface area (TPSA) is 46.3 Å². The molecule has 4 heteroatoms. The minimum absolute atomic E-state index is 0.256. The lowest BCUT2D eigenvalue weighted by atomic mass is 10.1. The molecule has 1 aromatic rings. The summed E-state index contributed by atoms with van der Waals surface area (Å²) in [5.41, 5.74) is 6.25. The second-order valence-corrected chi connectivity index (χ2v) is 3.87. The highest BCUT2D eigenvalue weighted by molar-refractivity contribution is 5.79. The van der Waals surface area contributed by atoms with Crippen LogP contribution < -0.4 is 5.73 Å². The van der Waals surface area contributed by atoms with Crippen molar-refractivity contribution < 1.29 is 9.18 Å². The van der Waals surface area contributed by atoms with Gasteiger partial charge in [0.25, 0.3) is 0 Å². The average molecular weight is 224 g/mol. The molecule has 0 saturated heterocycles. The second kappa shape index (κ2) is 5.61. The maximum Gasteiger partial charge on any atom is 0.234 e. The van der Waals surface area contributed by atoms with Gasteiger partial charge in [-0.2, -0.15) is 0 Å². The number of nitrogens with two attached hydrogens (primary N) is 1. The Kier molecular flexibility index (Phi) is 4.43. The molecule has 0 aliphatic carbocycles. The van der Waals surface area contributed by atoms with Crippen molar-refractivity contribution in [2.24, 2.45) is 5.73 Å². The van der Waals surface area contributed by atoms with Crippen molar-refractivity contribution in [1.82, 2.24) is 4.90 Å². The number of amides is 1. The SMILES string of the molecule is CCC(C(N)=O)N(C)Cc1ccc(F)cc1. The number of primary amides is 1. The molecule has 0 aromatic heterocycles. The number of halogens is 1. The Morgan fingerprint density at radius 3 is 2.44 bits per heavy atom. The molecule has 1 amide bonds. The molecular weight excluding hydrogens is 207 g/mol. The van der Waals surface area contributed by atoms with Crippen LogP contribution in [-0.2, 0) is 11.3 Å². The van der Waals surface area contributed by atoms with Gasteiger partial charge in [0, 0.05) is 6.54 Å². The van der Waals surface area contributed by atoms with Gasteiger partial charge in [-0.3, -0.25) is 9.69 Å². The van der Waals surface area contributed by atoms with E-state index in [0.717, 1.165) is 5.56 Å². The van der Waals surface area contributed by atoms with E-state index in [1.54, 1.807) is 12.1 Å². The fourth-order valence-corrected chi connectivity index (χ4v) is 1.72. The van der Waals surface area contributed by atoms with Gasteiger partial charge in [-0.25, -0.2) is 4.39 Å². The van der Waals surface area contributed by atoms with Crippen molar-refractivity contribution in [2.45, 2.75) is 25.9 Å². The first-order valence-electron chi connectivity index (χ1n) is 5.28. The van der Waals surface area contributed by atoms with E-state index in [1.807, 2.05) is 18.9 Å². The predicted octanol–water partition coefficient (Wildman–Crippen LogP) is 1.52. The van der Waals surface area contributed by atoms with Gasteiger partial charge in [0.15, 0.2) is 0 Å². The number of rotatable bonds is 5. The van der Waals surface area contributed by atoms with Crippen molar-refractivity contribution in [3.05, 3.63) is 35.6 Å². The van der Waals surface area contributed by atoms with Gasteiger partial charge < -0.3 is 5.73 Å². The number of hydrogen-bond donors (Lipinski definition) is 1. The summed E-state index contributed by atoms with van der Waals surface area (Å²) in [6.07, 6.45) is 0.674. The zero-order valence-electron chi connectivity index (χ0n) is 9.61. The standard InChI is InChI=1S/C12H17FN2O/c1-3-11(12(14)16)15(2)8-9-4-6-10(13)7-5-9/h4-7,11H,3,8H2,1-2H3,(H2,14,16). The third-order valence-electron chi connectivity index (χ3n) is 2.59. The summed E-state index contributed by atoms with van der Waals surface area (Å²) >= 11 is 0. The van der Waals surface area contributed by atoms with Gasteiger partial charge in [-0.05, 0) is 31.2 Å². The van der Waals surface area contributed by atoms with Crippen LogP contribution in [0.15, 0.2) is 24.3 Å². The lowest BCUT2D eigenvalue weighted by molar-refractivity contribution is -0.123. The van der Waals surface area contributed by atoms with Gasteiger partial charge in [0.05, 0.1) is 6.04 Å². The summed E-state index contributed by atoms with van der Waals surface area (Å²) in [5.74, 6) is -0.583. The normalized spacial score (nSPS) is 12.8. The van der Waals surface area contributed by atoms with Crippen molar-refractivity contribution in [3.63, 3.8) is 0 Å². The van der Waals surface area contributed by atoms with Crippen LogP contribution in [-0.4, -0.2) is 23.9 Å². The Morgan fingerprint density at radius 1 is 1.44 bits per heavy atom. The Balaban J connectivity index is 2.66. The zero-order valence-corrected chi connectivity index (χ0v) is 9.61. The van der Waals surface area contributed by atoms with E-state index in [9.17, 15) is 9.18 Å². The maximum absolute atomic E-state index is 12.7. The van der Waals surface area contributed by atoms with Gasteiger partial charge in [-0.1, -0.05) is 19.1 Å². The second-order valence-electron chi connectivity index (χ2n) is 3.87. The first-order chi connectivity index (χ1) is 7.54. The summed E-state index contributed by atoms with van der Waals surface area (Å²) in [6, 6.07) is 5.96. The number of hydrogen-bond acceptors (Lipinski definition) is 2. The minimum atomic E-state index is -0.327. The van der Waals surface area contributed by atoms with Crippen LogP contribution in [0, 0.1) is 5.82 Å². The van der Waals surface area contributed by atoms with Crippen LogP contribution in [0.25, 0.3) is 0 Å². The fourth-order valence-electron chi connectivity index (χ4n) is 1.72. The van der Waals surface area contributed by atoms with Crippen molar-refractivity contribution in [2.75, 3.05) is 7.05 Å². The minimum Gasteiger partial charge on any atom is -0.368 e. The molecule has 2 N–H and O–H groups in total. The number of carbonyl (C=O) groups is 1. The Hall–Kier alpha value is -1.42. The van der Waals surface area contributed by atoms with E-state index in [4.69, 9.17) is 5.73 Å². The number of carbonyl (C=O) groups excluding carboxylic acids is 1. The van der Waals surface area contributed by atoms with E-state index >= 15 is 0 Å². The highest BCUT2D eigenvalue weighted by Crippen LogP contribution is 2.09. The maximum atomic E-state index is 12.7. The van der Waals surface area contributed by atoms with Gasteiger partial charge in [0.1, 0.15) is 5.82 Å². The van der Waals surface area contributed by atoms with Crippen molar-refractivity contribution in [1.29, 1.82) is 0 Å². The van der Waals surface area contributed by atoms with E-state index in [1.165, 1.54) is 12.1 Å². The summed E-state index contributed by atoms with van der Waals surface area (Å²) in [6.45, 7) is 2.50. The molecule has 0 spiro atoms. The van der Waals surface area contributed by atoms with Gasteiger partial charge in [0.2, 0.25) is 5.91 Å². The molecule has 0 heterocycles. The lowest BCUT2D eigenvalue weighted by Crippen LogP contribution is -2.41. The quantitative estimate of drug-likeness (QED) is 0.824. The first-order valence-corrected chi connectivity index (χ1v) is 5.28. The van der Waals surface area contributed by atoms with Crippen LogP contribution in [0.2, 0.25) is 0 Å². The van der Waals surface area contributed by atoms with E-state index in [2.05, 4.69) is 0 Å². The monoisotopic (exact) mass is 224 g/mol. The summed E-state index contributed by atoms with van der Waals surface area (Å²) in [7, 11) is 1.84. The highest BCUT2D eigenvalue weighted by atomic mass is 19.1. The molecule has 1 rings (SSSR count). The van der Waals surface area contributed by atoms with Crippen LogP contribution in [0.4, 0.5) is 4.39 Å².